The van der Waals surface area contributed by atoms with Crippen LogP contribution in [0.1, 0.15) is 12.8 Å². The third-order valence-electron chi connectivity index (χ3n) is 3.70. The highest BCUT2D eigenvalue weighted by molar-refractivity contribution is 6.39. The van der Waals surface area contributed by atoms with Crippen LogP contribution in [0.15, 0.2) is 12.1 Å². The Kier molecular flexibility index (Phi) is 5.27. The summed E-state index contributed by atoms with van der Waals surface area (Å²) in [6.45, 7) is 1.82. The Morgan fingerprint density at radius 3 is 2.57 bits per heavy atom. The van der Waals surface area contributed by atoms with E-state index in [2.05, 4.69) is 5.32 Å². The van der Waals surface area contributed by atoms with E-state index in [0.29, 0.717) is 31.9 Å². The molecule has 6 nitrogen and oxygen atoms in total. The lowest BCUT2D eigenvalue weighted by Gasteiger charge is -2.27. The average Bonchev–Trinajstić information content (AvgIpc) is 2.87. The van der Waals surface area contributed by atoms with Crippen molar-refractivity contribution in [3.05, 3.63) is 32.3 Å². The highest BCUT2D eigenvalue weighted by atomic mass is 35.5. The highest BCUT2D eigenvalue weighted by Gasteiger charge is 2.34. The molecule has 1 unspecified atom stereocenters. The Morgan fingerprint density at radius 2 is 2.10 bits per heavy atom. The molecule has 21 heavy (non-hydrogen) atoms. The Labute approximate surface area is 132 Å². The SMILES string of the molecule is O=[N+]([O-])c1cc(Cl)c(NCC2(CCO)CCOC2)c(Cl)c1. The quantitative estimate of drug-likeness (QED) is 0.616. The zero-order chi connectivity index (χ0) is 15.5. The summed E-state index contributed by atoms with van der Waals surface area (Å²) in [6, 6.07) is 2.53. The van der Waals surface area contributed by atoms with Crippen molar-refractivity contribution in [2.45, 2.75) is 12.8 Å². The van der Waals surface area contributed by atoms with Gasteiger partial charge in [-0.05, 0) is 12.8 Å². The number of benzene rings is 1. The number of halogens is 2. The molecule has 1 aliphatic rings. The second kappa shape index (κ2) is 6.79. The van der Waals surface area contributed by atoms with Gasteiger partial charge in [-0.15, -0.1) is 0 Å². The second-order valence-corrected chi connectivity index (χ2v) is 5.99. The van der Waals surface area contributed by atoms with Crippen molar-refractivity contribution in [2.75, 3.05) is 31.7 Å². The van der Waals surface area contributed by atoms with Crippen LogP contribution >= 0.6 is 23.2 Å². The zero-order valence-electron chi connectivity index (χ0n) is 11.3. The van der Waals surface area contributed by atoms with E-state index < -0.39 is 4.92 Å². The topological polar surface area (TPSA) is 84.6 Å². The third kappa shape index (κ3) is 3.77. The van der Waals surface area contributed by atoms with Crippen LogP contribution in [-0.4, -0.2) is 36.4 Å². The van der Waals surface area contributed by atoms with Gasteiger partial charge in [0.1, 0.15) is 0 Å². The second-order valence-electron chi connectivity index (χ2n) is 5.17. The van der Waals surface area contributed by atoms with Gasteiger partial charge in [-0.3, -0.25) is 10.1 Å². The maximum absolute atomic E-state index is 10.7. The molecule has 0 spiro atoms. The molecule has 1 aliphatic heterocycles. The number of nitrogens with one attached hydrogen (secondary N) is 1. The lowest BCUT2D eigenvalue weighted by atomic mass is 9.84. The van der Waals surface area contributed by atoms with Crippen molar-refractivity contribution < 1.29 is 14.8 Å². The number of hydrogen-bond donors (Lipinski definition) is 2. The van der Waals surface area contributed by atoms with Crippen molar-refractivity contribution in [3.8, 4) is 0 Å². The van der Waals surface area contributed by atoms with E-state index in [-0.39, 0.29) is 27.8 Å². The molecule has 0 amide bonds. The van der Waals surface area contributed by atoms with Crippen LogP contribution in [0, 0.1) is 15.5 Å². The van der Waals surface area contributed by atoms with Crippen molar-refractivity contribution in [2.24, 2.45) is 5.41 Å². The lowest BCUT2D eigenvalue weighted by molar-refractivity contribution is -0.384. The fourth-order valence-electron chi connectivity index (χ4n) is 2.42. The lowest BCUT2D eigenvalue weighted by Crippen LogP contribution is -2.31. The Bertz CT molecular complexity index is 510. The molecule has 2 N–H and O–H groups in total. The van der Waals surface area contributed by atoms with E-state index in [0.717, 1.165) is 6.42 Å². The number of nitrogens with zero attached hydrogens (tertiary/aromatic N) is 1. The summed E-state index contributed by atoms with van der Waals surface area (Å²) in [7, 11) is 0. The largest absolute Gasteiger partial charge is 0.396 e. The summed E-state index contributed by atoms with van der Waals surface area (Å²) < 4.78 is 5.41. The van der Waals surface area contributed by atoms with Gasteiger partial charge in [0, 0.05) is 37.3 Å². The van der Waals surface area contributed by atoms with E-state index >= 15 is 0 Å². The van der Waals surface area contributed by atoms with Gasteiger partial charge in [-0.25, -0.2) is 0 Å². The average molecular weight is 335 g/mol. The van der Waals surface area contributed by atoms with Crippen LogP contribution < -0.4 is 5.32 Å². The predicted octanol–water partition coefficient (Wildman–Crippen LogP) is 3.10. The minimum atomic E-state index is -0.542. The monoisotopic (exact) mass is 334 g/mol. The van der Waals surface area contributed by atoms with Crippen LogP contribution in [0.2, 0.25) is 10.0 Å². The van der Waals surface area contributed by atoms with Crippen molar-refractivity contribution in [3.63, 3.8) is 0 Å². The van der Waals surface area contributed by atoms with Crippen molar-refractivity contribution >= 4 is 34.6 Å². The molecular formula is C13H16Cl2N2O4. The molecule has 116 valence electrons. The van der Waals surface area contributed by atoms with Crippen LogP contribution in [0.4, 0.5) is 11.4 Å². The van der Waals surface area contributed by atoms with E-state index in [4.69, 9.17) is 27.9 Å². The number of aliphatic hydroxyl groups is 1. The Hall–Kier alpha value is -1.08. The van der Waals surface area contributed by atoms with E-state index in [9.17, 15) is 15.2 Å². The smallest absolute Gasteiger partial charge is 0.272 e. The molecule has 0 bridgehead atoms. The summed E-state index contributed by atoms with van der Waals surface area (Å²) in [5.74, 6) is 0. The molecule has 1 aromatic carbocycles. The first kappa shape index (κ1) is 16.3. The molecule has 1 saturated heterocycles. The maximum Gasteiger partial charge on any atom is 0.272 e. The first-order valence-electron chi connectivity index (χ1n) is 6.53. The zero-order valence-corrected chi connectivity index (χ0v) is 12.8. The van der Waals surface area contributed by atoms with Crippen LogP contribution in [-0.2, 0) is 4.74 Å². The van der Waals surface area contributed by atoms with Crippen molar-refractivity contribution in [1.29, 1.82) is 0 Å². The summed E-state index contributed by atoms with van der Waals surface area (Å²) in [6.07, 6.45) is 1.45. The predicted molar refractivity (Wildman–Crippen MR) is 81.2 cm³/mol. The first-order valence-corrected chi connectivity index (χ1v) is 7.29. The van der Waals surface area contributed by atoms with Gasteiger partial charge in [-0.1, -0.05) is 23.2 Å². The van der Waals surface area contributed by atoms with Gasteiger partial charge in [0.15, 0.2) is 0 Å². The summed E-state index contributed by atoms with van der Waals surface area (Å²) in [5, 5.41) is 23.5. The molecule has 1 aromatic rings. The van der Waals surface area contributed by atoms with Crippen LogP contribution in [0.5, 0.6) is 0 Å². The van der Waals surface area contributed by atoms with Crippen LogP contribution in [0.3, 0.4) is 0 Å². The van der Waals surface area contributed by atoms with Crippen molar-refractivity contribution in [1.82, 2.24) is 0 Å². The molecule has 0 radical (unpaired) electrons. The molecular weight excluding hydrogens is 319 g/mol. The minimum absolute atomic E-state index is 0.0762. The molecule has 0 aliphatic carbocycles. The first-order chi connectivity index (χ1) is 9.97. The maximum atomic E-state index is 10.7. The van der Waals surface area contributed by atoms with Gasteiger partial charge >= 0.3 is 0 Å². The third-order valence-corrected chi connectivity index (χ3v) is 4.30. The summed E-state index contributed by atoms with van der Waals surface area (Å²) >= 11 is 12.1. The molecule has 1 atom stereocenters. The Balaban J connectivity index is 2.14. The number of nitro groups is 1. The standard InChI is InChI=1S/C13H16Cl2N2O4/c14-10-5-9(17(19)20)6-11(15)12(10)16-7-13(1-3-18)2-4-21-8-13/h5-6,16,18H,1-4,7-8H2. The molecule has 2 rings (SSSR count). The van der Waals surface area contributed by atoms with Gasteiger partial charge in [0.25, 0.3) is 5.69 Å². The number of rotatable bonds is 6. The van der Waals surface area contributed by atoms with Gasteiger partial charge < -0.3 is 15.2 Å². The van der Waals surface area contributed by atoms with E-state index in [1.165, 1.54) is 12.1 Å². The summed E-state index contributed by atoms with van der Waals surface area (Å²) in [4.78, 5) is 10.2. The van der Waals surface area contributed by atoms with Gasteiger partial charge in [0.05, 0.1) is 27.3 Å². The van der Waals surface area contributed by atoms with E-state index in [1.807, 2.05) is 0 Å². The summed E-state index contributed by atoms with van der Waals surface area (Å²) in [5.41, 5.74) is 0.154. The van der Waals surface area contributed by atoms with Crippen LogP contribution in [0.25, 0.3) is 0 Å². The van der Waals surface area contributed by atoms with Gasteiger partial charge in [0.2, 0.25) is 0 Å². The molecule has 1 heterocycles. The molecule has 8 heteroatoms. The van der Waals surface area contributed by atoms with Gasteiger partial charge in [-0.2, -0.15) is 0 Å². The molecule has 0 aromatic heterocycles. The Morgan fingerprint density at radius 1 is 1.43 bits per heavy atom. The number of hydrogen-bond acceptors (Lipinski definition) is 5. The fraction of sp³-hybridized carbons (Fsp3) is 0.538. The number of ether oxygens (including phenoxy) is 1. The number of non-ortho nitro benzene ring substituents is 1. The number of anilines is 1. The van der Waals surface area contributed by atoms with E-state index in [1.54, 1.807) is 0 Å². The molecule has 1 fully saturated rings. The fourth-order valence-corrected chi connectivity index (χ4v) is 3.03. The molecule has 0 saturated carbocycles. The highest BCUT2D eigenvalue weighted by Crippen LogP contribution is 2.37. The minimum Gasteiger partial charge on any atom is -0.396 e. The number of nitro benzene ring substituents is 1. The number of aliphatic hydroxyl groups excluding tert-OH is 1. The normalized spacial score (nSPS) is 21.5.